The highest BCUT2D eigenvalue weighted by Gasteiger charge is 2.24. The zero-order chi connectivity index (χ0) is 12.8. The van der Waals surface area contributed by atoms with Gasteiger partial charge in [-0.05, 0) is 39.8 Å². The molecule has 98 valence electrons. The number of imide groups is 1. The predicted octanol–water partition coefficient (Wildman–Crippen LogP) is -0.356. The molecule has 0 aromatic rings. The number of primary amides is 1. The van der Waals surface area contributed by atoms with Crippen LogP contribution < -0.4 is 16.4 Å². The van der Waals surface area contributed by atoms with Gasteiger partial charge in [-0.25, -0.2) is 4.79 Å². The number of amides is 3. The Bertz CT molecular complexity index is 275. The fourth-order valence-electron chi connectivity index (χ4n) is 2.34. The second-order valence-corrected chi connectivity index (χ2v) is 4.62. The van der Waals surface area contributed by atoms with E-state index < -0.39 is 6.03 Å². The Morgan fingerprint density at radius 2 is 1.88 bits per heavy atom. The highest BCUT2D eigenvalue weighted by Crippen LogP contribution is 2.21. The highest BCUT2D eigenvalue weighted by molar-refractivity contribution is 5.94. The van der Waals surface area contributed by atoms with Crippen molar-refractivity contribution in [1.29, 1.82) is 0 Å². The van der Waals surface area contributed by atoms with Crippen molar-refractivity contribution in [3.63, 3.8) is 0 Å². The third kappa shape index (κ3) is 4.70. The van der Waals surface area contributed by atoms with Gasteiger partial charge in [0.25, 0.3) is 0 Å². The van der Waals surface area contributed by atoms with E-state index in [1.807, 2.05) is 19.0 Å². The fourth-order valence-corrected chi connectivity index (χ4v) is 2.34. The Balaban J connectivity index is 2.31. The number of nitrogens with zero attached hydrogens (tertiary/aromatic N) is 1. The van der Waals surface area contributed by atoms with Crippen molar-refractivity contribution in [2.24, 2.45) is 5.73 Å². The van der Waals surface area contributed by atoms with E-state index in [0.29, 0.717) is 12.1 Å². The van der Waals surface area contributed by atoms with Gasteiger partial charge < -0.3 is 11.1 Å². The molecule has 0 aromatic carbocycles. The lowest BCUT2D eigenvalue weighted by molar-refractivity contribution is -0.121. The van der Waals surface area contributed by atoms with Crippen molar-refractivity contribution in [3.8, 4) is 0 Å². The maximum Gasteiger partial charge on any atom is 0.318 e. The largest absolute Gasteiger partial charge is 0.351 e. The molecule has 0 spiro atoms. The molecule has 1 saturated carbocycles. The average molecular weight is 242 g/mol. The molecule has 0 heterocycles. The molecule has 0 aromatic heterocycles. The first-order chi connectivity index (χ1) is 8.02. The van der Waals surface area contributed by atoms with Crippen LogP contribution in [0.3, 0.4) is 0 Å². The molecule has 17 heavy (non-hydrogen) atoms. The Morgan fingerprint density at radius 1 is 1.29 bits per heavy atom. The van der Waals surface area contributed by atoms with Gasteiger partial charge in [-0.15, -0.1) is 0 Å². The van der Waals surface area contributed by atoms with Crippen LogP contribution in [0.25, 0.3) is 0 Å². The van der Waals surface area contributed by atoms with Crippen molar-refractivity contribution in [2.45, 2.75) is 37.8 Å². The van der Waals surface area contributed by atoms with Gasteiger partial charge in [0.2, 0.25) is 5.91 Å². The van der Waals surface area contributed by atoms with Gasteiger partial charge in [0.1, 0.15) is 0 Å². The number of carbonyl (C=O) groups excluding carboxylic acids is 2. The maximum absolute atomic E-state index is 11.4. The number of hydrogen-bond donors (Lipinski definition) is 3. The van der Waals surface area contributed by atoms with Crippen LogP contribution in [0.4, 0.5) is 4.79 Å². The monoisotopic (exact) mass is 242 g/mol. The molecule has 4 N–H and O–H groups in total. The highest BCUT2D eigenvalue weighted by atomic mass is 16.2. The zero-order valence-electron chi connectivity index (χ0n) is 10.5. The van der Waals surface area contributed by atoms with Crippen LogP contribution in [-0.4, -0.2) is 49.6 Å². The Kier molecular flexibility index (Phi) is 5.37. The minimum absolute atomic E-state index is 0.220. The van der Waals surface area contributed by atoms with E-state index in [1.54, 1.807) is 0 Å². The van der Waals surface area contributed by atoms with Crippen LogP contribution in [0.15, 0.2) is 0 Å². The van der Waals surface area contributed by atoms with E-state index >= 15 is 0 Å². The minimum Gasteiger partial charge on any atom is -0.351 e. The number of carbonyl (C=O) groups is 2. The third-order valence-electron chi connectivity index (χ3n) is 3.38. The van der Waals surface area contributed by atoms with Gasteiger partial charge in [0.05, 0.1) is 6.54 Å². The van der Waals surface area contributed by atoms with E-state index in [0.717, 1.165) is 25.7 Å². The number of nitrogens with two attached hydrogens (primary N) is 1. The smallest absolute Gasteiger partial charge is 0.318 e. The average Bonchev–Trinajstić information content (AvgIpc) is 2.28. The summed E-state index contributed by atoms with van der Waals surface area (Å²) in [6, 6.07) is 0.222. The van der Waals surface area contributed by atoms with Crippen molar-refractivity contribution >= 4 is 11.9 Å². The second-order valence-electron chi connectivity index (χ2n) is 4.62. The van der Waals surface area contributed by atoms with Crippen molar-refractivity contribution in [3.05, 3.63) is 0 Å². The fraction of sp³-hybridized carbons (Fsp3) is 0.818. The summed E-state index contributed by atoms with van der Waals surface area (Å²) in [6.07, 6.45) is 4.41. The summed E-state index contributed by atoms with van der Waals surface area (Å²) < 4.78 is 0. The quantitative estimate of drug-likeness (QED) is 0.628. The molecule has 0 radical (unpaired) electrons. The summed E-state index contributed by atoms with van der Waals surface area (Å²) in [5.74, 6) is -0.337. The van der Waals surface area contributed by atoms with Crippen molar-refractivity contribution in [1.82, 2.24) is 15.5 Å². The summed E-state index contributed by atoms with van der Waals surface area (Å²) >= 11 is 0. The molecular formula is C11H22N4O2. The van der Waals surface area contributed by atoms with Gasteiger partial charge >= 0.3 is 6.03 Å². The summed E-state index contributed by atoms with van der Waals surface area (Å²) in [6.45, 7) is 0.220. The van der Waals surface area contributed by atoms with Crippen LogP contribution in [0.5, 0.6) is 0 Å². The topological polar surface area (TPSA) is 87.5 Å². The number of hydrogen-bond acceptors (Lipinski definition) is 4. The van der Waals surface area contributed by atoms with E-state index in [4.69, 9.17) is 5.73 Å². The molecular weight excluding hydrogens is 220 g/mol. The molecule has 0 aliphatic heterocycles. The number of urea groups is 1. The van der Waals surface area contributed by atoms with E-state index in [1.165, 1.54) is 0 Å². The van der Waals surface area contributed by atoms with Crippen LogP contribution in [-0.2, 0) is 4.79 Å². The first kappa shape index (κ1) is 13.9. The van der Waals surface area contributed by atoms with Crippen LogP contribution in [0.1, 0.15) is 25.7 Å². The first-order valence-corrected chi connectivity index (χ1v) is 5.99. The molecule has 1 aliphatic carbocycles. The Morgan fingerprint density at radius 3 is 2.35 bits per heavy atom. The molecule has 3 amide bonds. The molecule has 1 fully saturated rings. The van der Waals surface area contributed by atoms with Crippen LogP contribution in [0.2, 0.25) is 0 Å². The SMILES string of the molecule is CNC1CCC(N(C)CC(=O)NC(N)=O)CC1. The number of likely N-dealkylation sites (N-methyl/N-ethyl adjacent to an activating group) is 1. The zero-order valence-corrected chi connectivity index (χ0v) is 10.5. The van der Waals surface area contributed by atoms with Crippen molar-refractivity contribution < 1.29 is 9.59 Å². The molecule has 6 heteroatoms. The molecule has 0 bridgehead atoms. The Hall–Kier alpha value is -1.14. The summed E-state index contributed by atoms with van der Waals surface area (Å²) in [5, 5.41) is 5.35. The van der Waals surface area contributed by atoms with Crippen molar-refractivity contribution in [2.75, 3.05) is 20.6 Å². The first-order valence-electron chi connectivity index (χ1n) is 5.99. The number of nitrogens with one attached hydrogen (secondary N) is 2. The van der Waals surface area contributed by atoms with E-state index in [2.05, 4.69) is 10.6 Å². The van der Waals surface area contributed by atoms with Gasteiger partial charge in [-0.1, -0.05) is 0 Å². The summed E-state index contributed by atoms with van der Waals surface area (Å²) in [5.41, 5.74) is 4.89. The standard InChI is InChI=1S/C11H22N4O2/c1-13-8-3-5-9(6-4-8)15(2)7-10(16)14-11(12)17/h8-9,13H,3-7H2,1-2H3,(H3,12,14,16,17). The molecule has 0 unspecified atom stereocenters. The molecule has 6 nitrogen and oxygen atoms in total. The molecule has 0 atom stereocenters. The third-order valence-corrected chi connectivity index (χ3v) is 3.38. The van der Waals surface area contributed by atoms with Gasteiger partial charge in [0, 0.05) is 12.1 Å². The lowest BCUT2D eigenvalue weighted by Crippen LogP contribution is -2.46. The van der Waals surface area contributed by atoms with Gasteiger partial charge in [0.15, 0.2) is 0 Å². The lowest BCUT2D eigenvalue weighted by Gasteiger charge is -2.34. The van der Waals surface area contributed by atoms with Crippen LogP contribution in [0, 0.1) is 0 Å². The van der Waals surface area contributed by atoms with E-state index in [-0.39, 0.29) is 12.5 Å². The minimum atomic E-state index is -0.790. The second kappa shape index (κ2) is 6.56. The lowest BCUT2D eigenvalue weighted by atomic mass is 9.90. The molecule has 1 aliphatic rings. The maximum atomic E-state index is 11.4. The molecule has 0 saturated heterocycles. The predicted molar refractivity (Wildman–Crippen MR) is 65.5 cm³/mol. The van der Waals surface area contributed by atoms with Gasteiger partial charge in [-0.2, -0.15) is 0 Å². The summed E-state index contributed by atoms with van der Waals surface area (Å²) in [7, 11) is 3.89. The molecule has 1 rings (SSSR count). The van der Waals surface area contributed by atoms with E-state index in [9.17, 15) is 9.59 Å². The normalized spacial score (nSPS) is 24.6. The van der Waals surface area contributed by atoms with Crippen LogP contribution >= 0.6 is 0 Å². The number of rotatable bonds is 4. The Labute approximate surface area is 102 Å². The summed E-state index contributed by atoms with van der Waals surface area (Å²) in [4.78, 5) is 23.9. The van der Waals surface area contributed by atoms with Gasteiger partial charge in [-0.3, -0.25) is 15.0 Å².